The number of sulfonamides is 1. The van der Waals surface area contributed by atoms with Crippen LogP contribution in [0.2, 0.25) is 0 Å². The Bertz CT molecular complexity index is 1450. The van der Waals surface area contributed by atoms with Gasteiger partial charge in [0.1, 0.15) is 12.6 Å². The van der Waals surface area contributed by atoms with Crippen LogP contribution in [0, 0.1) is 27.7 Å². The number of nitrogens with zero attached hydrogens (tertiary/aromatic N) is 2. The van der Waals surface area contributed by atoms with Crippen LogP contribution in [0.5, 0.6) is 0 Å². The van der Waals surface area contributed by atoms with Crippen LogP contribution in [0.25, 0.3) is 0 Å². The Kier molecular flexibility index (Phi) is 11.1. The van der Waals surface area contributed by atoms with Gasteiger partial charge in [-0.3, -0.25) is 13.9 Å². The number of carbonyl (C=O) groups is 2. The van der Waals surface area contributed by atoms with Crippen LogP contribution in [0.4, 0.5) is 5.69 Å². The minimum Gasteiger partial charge on any atom is -0.354 e. The molecule has 0 saturated carbocycles. The highest BCUT2D eigenvalue weighted by molar-refractivity contribution is 7.92. The summed E-state index contributed by atoms with van der Waals surface area (Å²) in [6.07, 6.45) is 2.16. The summed E-state index contributed by atoms with van der Waals surface area (Å²) < 4.78 is 29.4. The minimum atomic E-state index is -4.10. The number of hydrogen-bond donors (Lipinski definition) is 1. The highest BCUT2D eigenvalue weighted by Crippen LogP contribution is 2.29. The molecule has 0 aliphatic carbocycles. The van der Waals surface area contributed by atoms with Gasteiger partial charge in [-0.05, 0) is 81.0 Å². The topological polar surface area (TPSA) is 86.8 Å². The molecule has 0 unspecified atom stereocenters. The van der Waals surface area contributed by atoms with E-state index in [4.69, 9.17) is 0 Å². The molecule has 0 aliphatic heterocycles. The molecule has 0 radical (unpaired) electrons. The molecule has 0 saturated heterocycles. The Balaban J connectivity index is 2.09. The monoisotopic (exact) mass is 577 g/mol. The largest absolute Gasteiger partial charge is 0.354 e. The van der Waals surface area contributed by atoms with E-state index in [1.165, 1.54) is 9.21 Å². The van der Waals surface area contributed by atoms with Gasteiger partial charge in [-0.1, -0.05) is 74.4 Å². The van der Waals surface area contributed by atoms with Crippen LogP contribution >= 0.6 is 0 Å². The van der Waals surface area contributed by atoms with E-state index in [9.17, 15) is 18.0 Å². The fraction of sp³-hybridized carbons (Fsp3) is 0.394. The molecule has 220 valence electrons. The molecule has 1 N–H and O–H groups in total. The first kappa shape index (κ1) is 31.9. The molecule has 0 bridgehead atoms. The Morgan fingerprint density at radius 1 is 0.854 bits per heavy atom. The van der Waals surface area contributed by atoms with Gasteiger partial charge in [0.2, 0.25) is 11.8 Å². The minimum absolute atomic E-state index is 0.103. The molecule has 41 heavy (non-hydrogen) atoms. The number of unbranched alkanes of at least 4 members (excludes halogenated alkanes) is 1. The smallest absolute Gasteiger partial charge is 0.264 e. The van der Waals surface area contributed by atoms with Crippen molar-refractivity contribution < 1.29 is 18.0 Å². The summed E-state index contributed by atoms with van der Waals surface area (Å²) in [6.45, 7) is 11.8. The van der Waals surface area contributed by atoms with Crippen LogP contribution in [0.15, 0.2) is 71.6 Å². The van der Waals surface area contributed by atoms with Crippen LogP contribution in [-0.2, 0) is 26.2 Å². The maximum absolute atomic E-state index is 14.2. The van der Waals surface area contributed by atoms with E-state index in [1.807, 2.05) is 77.9 Å². The Morgan fingerprint density at radius 2 is 1.51 bits per heavy atom. The number of carbonyl (C=O) groups excluding carboxylic acids is 2. The van der Waals surface area contributed by atoms with Gasteiger partial charge < -0.3 is 10.2 Å². The van der Waals surface area contributed by atoms with E-state index >= 15 is 0 Å². The van der Waals surface area contributed by atoms with Gasteiger partial charge in [0.05, 0.1) is 10.6 Å². The SMILES string of the molecule is CCCCNC(=O)[C@H](CC)N(Cc1ccccc1C)C(=O)CN(c1cc(C)ccc1C)S(=O)(=O)c1ccc(C)cc1. The van der Waals surface area contributed by atoms with Crippen molar-refractivity contribution in [3.05, 3.63) is 94.5 Å². The number of aryl methyl sites for hydroxylation is 4. The van der Waals surface area contributed by atoms with E-state index in [0.717, 1.165) is 40.7 Å². The van der Waals surface area contributed by atoms with E-state index in [2.05, 4.69) is 5.32 Å². The lowest BCUT2D eigenvalue weighted by Gasteiger charge is -2.34. The number of nitrogens with one attached hydrogen (secondary N) is 1. The Hall–Kier alpha value is -3.65. The molecule has 3 aromatic rings. The molecule has 2 amide bonds. The number of hydrogen-bond acceptors (Lipinski definition) is 4. The number of benzene rings is 3. The summed E-state index contributed by atoms with van der Waals surface area (Å²) in [5.74, 6) is -0.676. The second-order valence-electron chi connectivity index (χ2n) is 10.6. The predicted octanol–water partition coefficient (Wildman–Crippen LogP) is 5.84. The maximum Gasteiger partial charge on any atom is 0.264 e. The molecule has 0 aliphatic rings. The fourth-order valence-electron chi connectivity index (χ4n) is 4.74. The highest BCUT2D eigenvalue weighted by Gasteiger charge is 2.34. The quantitative estimate of drug-likeness (QED) is 0.259. The lowest BCUT2D eigenvalue weighted by molar-refractivity contribution is -0.140. The van der Waals surface area contributed by atoms with Crippen molar-refractivity contribution in [2.45, 2.75) is 78.3 Å². The van der Waals surface area contributed by atoms with E-state index in [-0.39, 0.29) is 17.3 Å². The van der Waals surface area contributed by atoms with Crippen LogP contribution in [0.1, 0.15) is 60.9 Å². The second-order valence-corrected chi connectivity index (χ2v) is 12.5. The first-order valence-electron chi connectivity index (χ1n) is 14.3. The first-order chi connectivity index (χ1) is 19.5. The van der Waals surface area contributed by atoms with Crippen LogP contribution in [-0.4, -0.2) is 44.3 Å². The molecule has 0 aromatic heterocycles. The summed E-state index contributed by atoms with van der Waals surface area (Å²) in [5.41, 5.74) is 4.87. The summed E-state index contributed by atoms with van der Waals surface area (Å²) in [7, 11) is -4.10. The van der Waals surface area contributed by atoms with Gasteiger partial charge in [-0.15, -0.1) is 0 Å². The van der Waals surface area contributed by atoms with Crippen molar-refractivity contribution in [1.82, 2.24) is 10.2 Å². The molecular weight excluding hydrogens is 534 g/mol. The zero-order valence-electron chi connectivity index (χ0n) is 25.1. The molecule has 0 heterocycles. The van der Waals surface area contributed by atoms with Crippen molar-refractivity contribution in [3.8, 4) is 0 Å². The zero-order valence-corrected chi connectivity index (χ0v) is 25.9. The summed E-state index contributed by atoms with van der Waals surface area (Å²) in [4.78, 5) is 29.2. The molecular formula is C33H43N3O4S. The van der Waals surface area contributed by atoms with Crippen molar-refractivity contribution in [2.24, 2.45) is 0 Å². The van der Waals surface area contributed by atoms with Crippen molar-refractivity contribution >= 4 is 27.5 Å². The van der Waals surface area contributed by atoms with Gasteiger partial charge in [0, 0.05) is 13.1 Å². The Morgan fingerprint density at radius 3 is 2.15 bits per heavy atom. The van der Waals surface area contributed by atoms with E-state index in [1.54, 1.807) is 30.3 Å². The van der Waals surface area contributed by atoms with Crippen molar-refractivity contribution in [3.63, 3.8) is 0 Å². The van der Waals surface area contributed by atoms with Crippen molar-refractivity contribution in [2.75, 3.05) is 17.4 Å². The standard InChI is InChI=1S/C33H43N3O4S/c1-7-9-20-34-33(38)30(8-2)35(22-28-13-11-10-12-26(28)5)32(37)23-36(31-21-25(4)14-17-27(31)6)41(39,40)29-18-15-24(3)16-19-29/h10-19,21,30H,7-9,20,22-23H2,1-6H3,(H,34,38)/t30-/m0/s1. The molecule has 0 fully saturated rings. The van der Waals surface area contributed by atoms with Gasteiger partial charge in [-0.2, -0.15) is 0 Å². The maximum atomic E-state index is 14.2. The zero-order chi connectivity index (χ0) is 30.2. The van der Waals surface area contributed by atoms with Gasteiger partial charge in [0.25, 0.3) is 10.0 Å². The van der Waals surface area contributed by atoms with Gasteiger partial charge in [-0.25, -0.2) is 8.42 Å². The third-order valence-corrected chi connectivity index (χ3v) is 9.11. The fourth-order valence-corrected chi connectivity index (χ4v) is 6.21. The molecule has 3 rings (SSSR count). The average molecular weight is 578 g/mol. The molecule has 8 heteroatoms. The van der Waals surface area contributed by atoms with Gasteiger partial charge in [0.15, 0.2) is 0 Å². The van der Waals surface area contributed by atoms with Crippen LogP contribution < -0.4 is 9.62 Å². The third kappa shape index (κ3) is 7.97. The average Bonchev–Trinajstić information content (AvgIpc) is 2.94. The summed E-state index contributed by atoms with van der Waals surface area (Å²) >= 11 is 0. The lowest BCUT2D eigenvalue weighted by Crippen LogP contribution is -2.52. The van der Waals surface area contributed by atoms with E-state index < -0.39 is 28.5 Å². The second kappa shape index (κ2) is 14.3. The summed E-state index contributed by atoms with van der Waals surface area (Å²) in [5, 5.41) is 2.97. The molecule has 3 aromatic carbocycles. The molecule has 0 spiro atoms. The normalized spacial score (nSPS) is 12.0. The number of amides is 2. The highest BCUT2D eigenvalue weighted by atomic mass is 32.2. The predicted molar refractivity (Wildman–Crippen MR) is 165 cm³/mol. The third-order valence-electron chi connectivity index (χ3n) is 7.34. The van der Waals surface area contributed by atoms with Gasteiger partial charge >= 0.3 is 0 Å². The first-order valence-corrected chi connectivity index (χ1v) is 15.7. The Labute approximate surface area is 245 Å². The van der Waals surface area contributed by atoms with E-state index in [0.29, 0.717) is 18.7 Å². The number of rotatable bonds is 13. The van der Waals surface area contributed by atoms with Crippen molar-refractivity contribution in [1.29, 1.82) is 0 Å². The molecule has 7 nitrogen and oxygen atoms in total. The molecule has 1 atom stereocenters. The lowest BCUT2D eigenvalue weighted by atomic mass is 10.1. The number of anilines is 1. The van der Waals surface area contributed by atoms with Crippen LogP contribution in [0.3, 0.4) is 0 Å². The summed E-state index contributed by atoms with van der Waals surface area (Å²) in [6, 6.07) is 19.1.